The Kier molecular flexibility index (Phi) is 3.42. The van der Waals surface area contributed by atoms with E-state index in [4.69, 9.17) is 0 Å². The third-order valence-corrected chi connectivity index (χ3v) is 3.66. The quantitative estimate of drug-likeness (QED) is 0.528. The van der Waals surface area contributed by atoms with Gasteiger partial charge in [0, 0.05) is 12.3 Å². The average molecular weight is 210 g/mol. The van der Waals surface area contributed by atoms with Crippen LogP contribution in [0, 0.1) is 11.3 Å². The molecule has 0 N–H and O–H groups in total. The van der Waals surface area contributed by atoms with Crippen LogP contribution >= 0.6 is 0 Å². The summed E-state index contributed by atoms with van der Waals surface area (Å²) < 4.78 is 0. The summed E-state index contributed by atoms with van der Waals surface area (Å²) in [6.07, 6.45) is 1.67. The standard InChI is InChI=1S/C12H18O3/c1-4-8-7-9(13)11(15)12(5-2,6-3)10(8)14/h8H,4-7H2,1-3H3. The van der Waals surface area contributed by atoms with Crippen LogP contribution in [0.15, 0.2) is 0 Å². The minimum atomic E-state index is -1.00. The number of Topliss-reactive ketones (excluding diaryl/α,β-unsaturated/α-hetero) is 3. The summed E-state index contributed by atoms with van der Waals surface area (Å²) >= 11 is 0. The van der Waals surface area contributed by atoms with Crippen LogP contribution in [0.4, 0.5) is 0 Å². The van der Waals surface area contributed by atoms with Crippen LogP contribution in [0.3, 0.4) is 0 Å². The van der Waals surface area contributed by atoms with Crippen LogP contribution in [0.25, 0.3) is 0 Å². The molecule has 1 saturated carbocycles. The maximum atomic E-state index is 12.1. The first-order valence-electron chi connectivity index (χ1n) is 5.65. The predicted octanol–water partition coefficient (Wildman–Crippen LogP) is 1.93. The minimum Gasteiger partial charge on any atom is -0.298 e. The Labute approximate surface area is 90.2 Å². The van der Waals surface area contributed by atoms with E-state index in [1.165, 1.54) is 0 Å². The molecule has 0 spiro atoms. The van der Waals surface area contributed by atoms with Crippen molar-refractivity contribution in [2.45, 2.75) is 46.5 Å². The van der Waals surface area contributed by atoms with Crippen molar-refractivity contribution in [1.82, 2.24) is 0 Å². The molecule has 0 amide bonds. The highest BCUT2D eigenvalue weighted by molar-refractivity contribution is 6.45. The molecule has 1 fully saturated rings. The van der Waals surface area contributed by atoms with Crippen molar-refractivity contribution in [3.63, 3.8) is 0 Å². The molecule has 1 aliphatic rings. The summed E-state index contributed by atoms with van der Waals surface area (Å²) in [6.45, 7) is 5.51. The van der Waals surface area contributed by atoms with Crippen molar-refractivity contribution in [1.29, 1.82) is 0 Å². The number of carbonyl (C=O) groups excluding carboxylic acids is 3. The second kappa shape index (κ2) is 4.25. The number of hydrogen-bond acceptors (Lipinski definition) is 3. The third-order valence-electron chi connectivity index (χ3n) is 3.66. The zero-order chi connectivity index (χ0) is 11.6. The van der Waals surface area contributed by atoms with Gasteiger partial charge in [-0.1, -0.05) is 20.8 Å². The Morgan fingerprint density at radius 2 is 1.67 bits per heavy atom. The van der Waals surface area contributed by atoms with E-state index in [2.05, 4.69) is 0 Å². The first-order valence-corrected chi connectivity index (χ1v) is 5.65. The van der Waals surface area contributed by atoms with E-state index < -0.39 is 11.2 Å². The van der Waals surface area contributed by atoms with Gasteiger partial charge in [-0.2, -0.15) is 0 Å². The van der Waals surface area contributed by atoms with Crippen LogP contribution in [-0.2, 0) is 14.4 Å². The van der Waals surface area contributed by atoms with Crippen LogP contribution in [0.5, 0.6) is 0 Å². The molecule has 0 saturated heterocycles. The van der Waals surface area contributed by atoms with Crippen molar-refractivity contribution >= 4 is 17.3 Å². The molecule has 3 heteroatoms. The Hall–Kier alpha value is -0.990. The Morgan fingerprint density at radius 3 is 2.07 bits per heavy atom. The van der Waals surface area contributed by atoms with Gasteiger partial charge in [0.25, 0.3) is 0 Å². The maximum Gasteiger partial charge on any atom is 0.211 e. The van der Waals surface area contributed by atoms with E-state index >= 15 is 0 Å². The van der Waals surface area contributed by atoms with Gasteiger partial charge in [-0.05, 0) is 19.3 Å². The molecule has 1 aliphatic carbocycles. The fraction of sp³-hybridized carbons (Fsp3) is 0.750. The molecule has 1 unspecified atom stereocenters. The van der Waals surface area contributed by atoms with Crippen LogP contribution < -0.4 is 0 Å². The zero-order valence-corrected chi connectivity index (χ0v) is 9.63. The van der Waals surface area contributed by atoms with Crippen molar-refractivity contribution in [2.75, 3.05) is 0 Å². The molecule has 3 nitrogen and oxygen atoms in total. The van der Waals surface area contributed by atoms with Crippen molar-refractivity contribution in [2.24, 2.45) is 11.3 Å². The molecule has 0 radical (unpaired) electrons. The molecule has 0 aromatic carbocycles. The van der Waals surface area contributed by atoms with Gasteiger partial charge in [-0.25, -0.2) is 0 Å². The molecular formula is C12H18O3. The number of ketones is 3. The summed E-state index contributed by atoms with van der Waals surface area (Å²) in [5, 5.41) is 0. The molecule has 15 heavy (non-hydrogen) atoms. The van der Waals surface area contributed by atoms with Gasteiger partial charge in [-0.15, -0.1) is 0 Å². The minimum absolute atomic E-state index is 0.0143. The monoisotopic (exact) mass is 210 g/mol. The predicted molar refractivity (Wildman–Crippen MR) is 56.4 cm³/mol. The van der Waals surface area contributed by atoms with E-state index in [0.29, 0.717) is 19.3 Å². The molecule has 0 bridgehead atoms. The maximum absolute atomic E-state index is 12.1. The SMILES string of the molecule is CCC1CC(=O)C(=O)C(CC)(CC)C1=O. The lowest BCUT2D eigenvalue weighted by Gasteiger charge is -2.35. The third kappa shape index (κ3) is 1.64. The van der Waals surface area contributed by atoms with Gasteiger partial charge in [0.15, 0.2) is 5.78 Å². The second-order valence-corrected chi connectivity index (χ2v) is 4.22. The highest BCUT2D eigenvalue weighted by Gasteiger charge is 2.51. The normalized spacial score (nSPS) is 25.8. The van der Waals surface area contributed by atoms with Gasteiger partial charge in [0.1, 0.15) is 5.78 Å². The number of carbonyl (C=O) groups is 3. The summed E-state index contributed by atoms with van der Waals surface area (Å²) in [5.41, 5.74) is -1.00. The van der Waals surface area contributed by atoms with Gasteiger partial charge in [-0.3, -0.25) is 14.4 Å². The fourth-order valence-corrected chi connectivity index (χ4v) is 2.43. The van der Waals surface area contributed by atoms with Crippen molar-refractivity contribution in [3.8, 4) is 0 Å². The Morgan fingerprint density at radius 1 is 1.13 bits per heavy atom. The molecule has 1 atom stereocenters. The topological polar surface area (TPSA) is 51.2 Å². The summed E-state index contributed by atoms with van der Waals surface area (Å²) in [4.78, 5) is 35.5. The number of rotatable bonds is 3. The largest absolute Gasteiger partial charge is 0.298 e. The molecule has 0 aromatic rings. The van der Waals surface area contributed by atoms with E-state index in [1.807, 2.05) is 20.8 Å². The lowest BCUT2D eigenvalue weighted by atomic mass is 9.63. The van der Waals surface area contributed by atoms with Crippen LogP contribution in [0.1, 0.15) is 46.5 Å². The fourth-order valence-electron chi connectivity index (χ4n) is 2.43. The lowest BCUT2D eigenvalue weighted by Crippen LogP contribution is -2.50. The lowest BCUT2D eigenvalue weighted by molar-refractivity contribution is -0.155. The van der Waals surface area contributed by atoms with Crippen LogP contribution in [0.2, 0.25) is 0 Å². The van der Waals surface area contributed by atoms with E-state index in [9.17, 15) is 14.4 Å². The van der Waals surface area contributed by atoms with E-state index in [-0.39, 0.29) is 23.9 Å². The van der Waals surface area contributed by atoms with Crippen molar-refractivity contribution < 1.29 is 14.4 Å². The molecule has 0 aliphatic heterocycles. The highest BCUT2D eigenvalue weighted by atomic mass is 16.2. The average Bonchev–Trinajstić information content (AvgIpc) is 2.26. The molecule has 0 heterocycles. The first-order chi connectivity index (χ1) is 7.03. The second-order valence-electron chi connectivity index (χ2n) is 4.22. The van der Waals surface area contributed by atoms with E-state index in [0.717, 1.165) is 0 Å². The van der Waals surface area contributed by atoms with Gasteiger partial charge >= 0.3 is 0 Å². The number of hydrogen-bond donors (Lipinski definition) is 0. The van der Waals surface area contributed by atoms with Gasteiger partial charge in [0.05, 0.1) is 5.41 Å². The Bertz CT molecular complexity index is 300. The summed E-state index contributed by atoms with van der Waals surface area (Å²) in [6, 6.07) is 0. The zero-order valence-electron chi connectivity index (χ0n) is 9.63. The summed E-state index contributed by atoms with van der Waals surface area (Å²) in [5.74, 6) is -1.07. The summed E-state index contributed by atoms with van der Waals surface area (Å²) in [7, 11) is 0. The first kappa shape index (κ1) is 12.1. The Balaban J connectivity index is 3.15. The molecule has 84 valence electrons. The molecular weight excluding hydrogens is 192 g/mol. The van der Waals surface area contributed by atoms with Gasteiger partial charge < -0.3 is 0 Å². The van der Waals surface area contributed by atoms with Crippen LogP contribution in [-0.4, -0.2) is 17.3 Å². The smallest absolute Gasteiger partial charge is 0.211 e. The highest BCUT2D eigenvalue weighted by Crippen LogP contribution is 2.38. The molecule has 0 aromatic heterocycles. The van der Waals surface area contributed by atoms with Crippen molar-refractivity contribution in [3.05, 3.63) is 0 Å². The van der Waals surface area contributed by atoms with Gasteiger partial charge in [0.2, 0.25) is 5.78 Å². The molecule has 1 rings (SSSR count). The van der Waals surface area contributed by atoms with E-state index in [1.54, 1.807) is 0 Å².